The number of amides is 2. The van der Waals surface area contributed by atoms with Gasteiger partial charge in [-0.2, -0.15) is 0 Å². The Bertz CT molecular complexity index is 406. The molecule has 0 heterocycles. The molecule has 3 N–H and O–H groups in total. The Hall–Kier alpha value is -2.11. The number of carbonyl (C=O) groups is 2. The molecule has 0 unspecified atom stereocenters. The van der Waals surface area contributed by atoms with Crippen molar-refractivity contribution in [3.63, 3.8) is 0 Å². The summed E-state index contributed by atoms with van der Waals surface area (Å²) in [6.45, 7) is 0. The number of hydrogen-bond donors (Lipinski definition) is 3. The fourth-order valence-electron chi connectivity index (χ4n) is 0.934. The van der Waals surface area contributed by atoms with E-state index in [1.165, 1.54) is 19.2 Å². The summed E-state index contributed by atoms with van der Waals surface area (Å²) in [5.41, 5.74) is -0.241. The molecule has 0 saturated carbocycles. The largest absolute Gasteiger partial charge is 0.478 e. The number of anilines is 1. The fourth-order valence-corrected chi connectivity index (χ4v) is 0.934. The Morgan fingerprint density at radius 2 is 2.07 bits per heavy atom. The van der Waals surface area contributed by atoms with E-state index in [2.05, 4.69) is 10.6 Å². The minimum Gasteiger partial charge on any atom is -0.478 e. The third-order valence-electron chi connectivity index (χ3n) is 1.69. The Morgan fingerprint density at radius 3 is 2.53 bits per heavy atom. The van der Waals surface area contributed by atoms with Crippen molar-refractivity contribution < 1.29 is 19.1 Å². The minimum absolute atomic E-state index is 0.0700. The van der Waals surface area contributed by atoms with Gasteiger partial charge >= 0.3 is 12.0 Å². The second-order valence-electron chi connectivity index (χ2n) is 2.70. The predicted octanol–water partition coefficient (Wildman–Crippen LogP) is 1.28. The van der Waals surface area contributed by atoms with Gasteiger partial charge in [-0.05, 0) is 18.2 Å². The van der Waals surface area contributed by atoms with E-state index >= 15 is 0 Å². The third kappa shape index (κ3) is 2.67. The lowest BCUT2D eigenvalue weighted by molar-refractivity contribution is 0.0696. The fraction of sp³-hybridized carbons (Fsp3) is 0.111. The molecule has 0 aromatic heterocycles. The Morgan fingerprint density at radius 1 is 1.40 bits per heavy atom. The van der Waals surface area contributed by atoms with Gasteiger partial charge in [0.15, 0.2) is 0 Å². The van der Waals surface area contributed by atoms with Crippen LogP contribution in [0.25, 0.3) is 0 Å². The topological polar surface area (TPSA) is 78.4 Å². The first-order valence-electron chi connectivity index (χ1n) is 4.06. The first kappa shape index (κ1) is 11.0. The highest BCUT2D eigenvalue weighted by Gasteiger charge is 2.09. The Labute approximate surface area is 84.9 Å². The van der Waals surface area contributed by atoms with Crippen LogP contribution < -0.4 is 10.6 Å². The van der Waals surface area contributed by atoms with Crippen molar-refractivity contribution >= 4 is 17.7 Å². The normalized spacial score (nSPS) is 9.47. The molecule has 6 heteroatoms. The molecule has 0 aliphatic carbocycles. The van der Waals surface area contributed by atoms with Gasteiger partial charge in [0.1, 0.15) is 5.82 Å². The van der Waals surface area contributed by atoms with Crippen LogP contribution in [0.15, 0.2) is 18.2 Å². The number of hydrogen-bond acceptors (Lipinski definition) is 2. The van der Waals surface area contributed by atoms with Crippen molar-refractivity contribution in [1.82, 2.24) is 5.32 Å². The van der Waals surface area contributed by atoms with Crippen molar-refractivity contribution in [2.45, 2.75) is 0 Å². The first-order chi connectivity index (χ1) is 7.04. The average molecular weight is 212 g/mol. The second-order valence-corrected chi connectivity index (χ2v) is 2.70. The third-order valence-corrected chi connectivity index (χ3v) is 1.69. The lowest BCUT2D eigenvalue weighted by Gasteiger charge is -2.05. The van der Waals surface area contributed by atoms with E-state index in [4.69, 9.17) is 5.11 Å². The summed E-state index contributed by atoms with van der Waals surface area (Å²) in [4.78, 5) is 21.3. The highest BCUT2D eigenvalue weighted by Crippen LogP contribution is 2.15. The molecule has 0 radical (unpaired) electrons. The molecule has 0 bridgehead atoms. The molecule has 1 rings (SSSR count). The molecule has 0 saturated heterocycles. The van der Waals surface area contributed by atoms with Crippen LogP contribution in [0.1, 0.15) is 10.4 Å². The molecule has 15 heavy (non-hydrogen) atoms. The summed E-state index contributed by atoms with van der Waals surface area (Å²) in [5, 5.41) is 13.0. The molecule has 0 atom stereocenters. The monoisotopic (exact) mass is 212 g/mol. The molecule has 0 aliphatic heterocycles. The molecule has 80 valence electrons. The smallest absolute Gasteiger partial charge is 0.335 e. The predicted molar refractivity (Wildman–Crippen MR) is 51.4 cm³/mol. The minimum atomic E-state index is -1.22. The van der Waals surface area contributed by atoms with Gasteiger partial charge in [-0.15, -0.1) is 0 Å². The SMILES string of the molecule is CNC(=O)Nc1ccc(C(=O)O)cc1F. The van der Waals surface area contributed by atoms with Crippen molar-refractivity contribution in [2.75, 3.05) is 12.4 Å². The summed E-state index contributed by atoms with van der Waals surface area (Å²) < 4.78 is 13.2. The lowest BCUT2D eigenvalue weighted by atomic mass is 10.2. The average Bonchev–Trinajstić information content (AvgIpc) is 2.20. The van der Waals surface area contributed by atoms with Crippen molar-refractivity contribution in [3.8, 4) is 0 Å². The summed E-state index contributed by atoms with van der Waals surface area (Å²) >= 11 is 0. The van der Waals surface area contributed by atoms with E-state index in [9.17, 15) is 14.0 Å². The summed E-state index contributed by atoms with van der Waals surface area (Å²) in [5.74, 6) is -2.01. The maximum atomic E-state index is 13.2. The molecule has 2 amide bonds. The van der Waals surface area contributed by atoms with Gasteiger partial charge in [-0.3, -0.25) is 0 Å². The first-order valence-corrected chi connectivity index (χ1v) is 4.06. The van der Waals surface area contributed by atoms with Crippen molar-refractivity contribution in [1.29, 1.82) is 0 Å². The van der Waals surface area contributed by atoms with E-state index in [1.54, 1.807) is 0 Å². The molecular weight excluding hydrogens is 203 g/mol. The maximum Gasteiger partial charge on any atom is 0.335 e. The molecular formula is C9H9FN2O3. The molecule has 5 nitrogen and oxygen atoms in total. The van der Waals surface area contributed by atoms with E-state index in [0.717, 1.165) is 6.07 Å². The lowest BCUT2D eigenvalue weighted by Crippen LogP contribution is -2.25. The zero-order valence-electron chi connectivity index (χ0n) is 7.87. The number of aromatic carboxylic acids is 1. The van der Waals surface area contributed by atoms with Crippen LogP contribution in [0.4, 0.5) is 14.9 Å². The zero-order valence-corrected chi connectivity index (χ0v) is 7.87. The van der Waals surface area contributed by atoms with Gasteiger partial charge in [0.2, 0.25) is 0 Å². The number of carboxylic acids is 1. The van der Waals surface area contributed by atoms with Crippen molar-refractivity contribution in [3.05, 3.63) is 29.6 Å². The number of urea groups is 1. The van der Waals surface area contributed by atoms with Crippen LogP contribution in [0.5, 0.6) is 0 Å². The molecule has 1 aromatic rings. The van der Waals surface area contributed by atoms with E-state index in [-0.39, 0.29) is 11.3 Å². The highest BCUT2D eigenvalue weighted by atomic mass is 19.1. The Kier molecular flexibility index (Phi) is 3.22. The van der Waals surface area contributed by atoms with Crippen LogP contribution in [0, 0.1) is 5.82 Å². The highest BCUT2D eigenvalue weighted by molar-refractivity contribution is 5.91. The van der Waals surface area contributed by atoms with Crippen LogP contribution in [-0.2, 0) is 0 Å². The summed E-state index contributed by atoms with van der Waals surface area (Å²) in [7, 11) is 1.39. The van der Waals surface area contributed by atoms with Gasteiger partial charge in [0.05, 0.1) is 11.3 Å². The van der Waals surface area contributed by atoms with E-state index in [0.29, 0.717) is 0 Å². The van der Waals surface area contributed by atoms with Gasteiger partial charge in [0.25, 0.3) is 0 Å². The van der Waals surface area contributed by atoms with Gasteiger partial charge < -0.3 is 15.7 Å². The molecule has 0 fully saturated rings. The number of rotatable bonds is 2. The zero-order chi connectivity index (χ0) is 11.4. The molecule has 0 aliphatic rings. The Balaban J connectivity index is 2.93. The van der Waals surface area contributed by atoms with Crippen LogP contribution in [0.2, 0.25) is 0 Å². The quantitative estimate of drug-likeness (QED) is 0.690. The van der Waals surface area contributed by atoms with E-state index < -0.39 is 17.8 Å². The maximum absolute atomic E-state index is 13.2. The molecule has 1 aromatic carbocycles. The number of carboxylic acid groups (broad SMARTS) is 1. The van der Waals surface area contributed by atoms with Crippen LogP contribution in [0.3, 0.4) is 0 Å². The van der Waals surface area contributed by atoms with E-state index in [1.807, 2.05) is 0 Å². The van der Waals surface area contributed by atoms with Gasteiger partial charge in [0, 0.05) is 7.05 Å². The molecule has 0 spiro atoms. The number of carbonyl (C=O) groups excluding carboxylic acids is 1. The number of benzene rings is 1. The van der Waals surface area contributed by atoms with Crippen LogP contribution in [-0.4, -0.2) is 24.2 Å². The van der Waals surface area contributed by atoms with Crippen LogP contribution >= 0.6 is 0 Å². The summed E-state index contributed by atoms with van der Waals surface area (Å²) in [6, 6.07) is 2.66. The second kappa shape index (κ2) is 4.41. The van der Waals surface area contributed by atoms with Gasteiger partial charge in [-0.1, -0.05) is 0 Å². The van der Waals surface area contributed by atoms with Crippen molar-refractivity contribution in [2.24, 2.45) is 0 Å². The van der Waals surface area contributed by atoms with Gasteiger partial charge in [-0.25, -0.2) is 14.0 Å². The standard InChI is InChI=1S/C9H9FN2O3/c1-11-9(15)12-7-3-2-5(8(13)14)4-6(7)10/h2-4H,1H3,(H,13,14)(H2,11,12,15). The summed E-state index contributed by atoms with van der Waals surface area (Å²) in [6.07, 6.45) is 0. The number of halogens is 1. The number of nitrogens with one attached hydrogen (secondary N) is 2.